The normalized spacial score (nSPS) is 14.2. The quantitative estimate of drug-likeness (QED) is 0.747. The van der Waals surface area contributed by atoms with Crippen molar-refractivity contribution in [2.45, 2.75) is 45.6 Å². The van der Waals surface area contributed by atoms with Crippen LogP contribution in [0, 0.1) is 5.92 Å². The molecule has 18 heavy (non-hydrogen) atoms. The van der Waals surface area contributed by atoms with Gasteiger partial charge in [-0.15, -0.1) is 0 Å². The third-order valence-corrected chi connectivity index (χ3v) is 3.28. The molecule has 0 spiro atoms. The van der Waals surface area contributed by atoms with Gasteiger partial charge in [-0.25, -0.2) is 0 Å². The summed E-state index contributed by atoms with van der Waals surface area (Å²) in [5.74, 6) is 1.42. The van der Waals surface area contributed by atoms with Crippen LogP contribution in [-0.4, -0.2) is 12.5 Å². The van der Waals surface area contributed by atoms with Crippen molar-refractivity contribution in [2.24, 2.45) is 11.7 Å². The largest absolute Gasteiger partial charge is 0.467 e. The van der Waals surface area contributed by atoms with Gasteiger partial charge < -0.3 is 15.5 Å². The van der Waals surface area contributed by atoms with Crippen LogP contribution in [0.2, 0.25) is 0 Å². The highest BCUT2D eigenvalue weighted by Gasteiger charge is 2.13. The smallest absolute Gasteiger partial charge is 0.220 e. The zero-order chi connectivity index (χ0) is 13.4. The molecule has 4 nitrogen and oxygen atoms in total. The minimum atomic E-state index is -0.0675. The molecular weight excluding hydrogens is 228 g/mol. The van der Waals surface area contributed by atoms with E-state index in [0.717, 1.165) is 25.0 Å². The molecule has 0 aliphatic heterocycles. The molecule has 3 N–H and O–H groups in total. The van der Waals surface area contributed by atoms with Crippen molar-refractivity contribution in [3.8, 4) is 0 Å². The molecule has 0 saturated carbocycles. The maximum atomic E-state index is 11.8. The molecule has 0 aromatic carbocycles. The summed E-state index contributed by atoms with van der Waals surface area (Å²) in [6, 6.07) is 3.63. The molecule has 0 fully saturated rings. The lowest BCUT2D eigenvalue weighted by Gasteiger charge is -2.15. The fraction of sp³-hybridized carbons (Fsp3) is 0.643. The summed E-state index contributed by atoms with van der Waals surface area (Å²) in [4.78, 5) is 11.8. The molecule has 0 saturated heterocycles. The van der Waals surface area contributed by atoms with Gasteiger partial charge >= 0.3 is 0 Å². The number of carbonyl (C=O) groups is 1. The Morgan fingerprint density at radius 2 is 2.28 bits per heavy atom. The van der Waals surface area contributed by atoms with Crippen molar-refractivity contribution < 1.29 is 9.21 Å². The SMILES string of the molecule is CCC(CCN)CCC(=O)N[C@H](C)c1ccco1. The van der Waals surface area contributed by atoms with E-state index < -0.39 is 0 Å². The Kier molecular flexibility index (Phi) is 6.50. The molecule has 1 rings (SSSR count). The zero-order valence-electron chi connectivity index (χ0n) is 11.3. The highest BCUT2D eigenvalue weighted by molar-refractivity contribution is 5.76. The fourth-order valence-electron chi connectivity index (χ4n) is 2.05. The van der Waals surface area contributed by atoms with Crippen LogP contribution in [0.25, 0.3) is 0 Å². The second-order valence-electron chi connectivity index (χ2n) is 4.69. The molecule has 4 heteroatoms. The first-order valence-corrected chi connectivity index (χ1v) is 6.70. The van der Waals surface area contributed by atoms with Gasteiger partial charge in [-0.3, -0.25) is 4.79 Å². The Balaban J connectivity index is 2.29. The minimum Gasteiger partial charge on any atom is -0.467 e. The van der Waals surface area contributed by atoms with Crippen LogP contribution in [0.5, 0.6) is 0 Å². The Hall–Kier alpha value is -1.29. The van der Waals surface area contributed by atoms with Crippen molar-refractivity contribution in [1.29, 1.82) is 0 Å². The van der Waals surface area contributed by atoms with E-state index in [4.69, 9.17) is 10.2 Å². The van der Waals surface area contributed by atoms with Crippen LogP contribution < -0.4 is 11.1 Å². The lowest BCUT2D eigenvalue weighted by molar-refractivity contribution is -0.122. The van der Waals surface area contributed by atoms with E-state index in [1.807, 2.05) is 19.1 Å². The number of carbonyl (C=O) groups excluding carboxylic acids is 1. The molecule has 1 amide bonds. The number of hydrogen-bond donors (Lipinski definition) is 2. The Bertz CT molecular complexity index is 336. The molecule has 0 radical (unpaired) electrons. The number of amides is 1. The van der Waals surface area contributed by atoms with E-state index in [1.54, 1.807) is 6.26 Å². The summed E-state index contributed by atoms with van der Waals surface area (Å²) in [5, 5.41) is 2.94. The second-order valence-corrected chi connectivity index (χ2v) is 4.69. The average molecular weight is 252 g/mol. The molecule has 1 heterocycles. The first kappa shape index (κ1) is 14.8. The maximum absolute atomic E-state index is 11.8. The van der Waals surface area contributed by atoms with Gasteiger partial charge in [0.15, 0.2) is 0 Å². The van der Waals surface area contributed by atoms with Crippen LogP contribution in [0.1, 0.15) is 51.3 Å². The number of hydrogen-bond acceptors (Lipinski definition) is 3. The van der Waals surface area contributed by atoms with E-state index in [-0.39, 0.29) is 11.9 Å². The van der Waals surface area contributed by atoms with Crippen molar-refractivity contribution in [2.75, 3.05) is 6.54 Å². The predicted molar refractivity (Wildman–Crippen MR) is 72.0 cm³/mol. The second kappa shape index (κ2) is 7.93. The highest BCUT2D eigenvalue weighted by Crippen LogP contribution is 2.16. The maximum Gasteiger partial charge on any atom is 0.220 e. The standard InChI is InChI=1S/C14H24N2O2/c1-3-12(8-9-15)6-7-14(17)16-11(2)13-5-4-10-18-13/h4-5,10-12H,3,6-9,15H2,1-2H3,(H,16,17)/t11-,12?/m1/s1. The monoisotopic (exact) mass is 252 g/mol. The molecule has 0 aliphatic carbocycles. The van der Waals surface area contributed by atoms with Crippen LogP contribution >= 0.6 is 0 Å². The Morgan fingerprint density at radius 3 is 2.83 bits per heavy atom. The van der Waals surface area contributed by atoms with E-state index in [2.05, 4.69) is 12.2 Å². The van der Waals surface area contributed by atoms with Gasteiger partial charge in [0.25, 0.3) is 0 Å². The molecule has 1 unspecified atom stereocenters. The number of nitrogens with one attached hydrogen (secondary N) is 1. The summed E-state index contributed by atoms with van der Waals surface area (Å²) < 4.78 is 5.25. The Morgan fingerprint density at radius 1 is 1.50 bits per heavy atom. The van der Waals surface area contributed by atoms with Crippen molar-refractivity contribution >= 4 is 5.91 Å². The average Bonchev–Trinajstić information content (AvgIpc) is 2.88. The van der Waals surface area contributed by atoms with Crippen LogP contribution in [-0.2, 0) is 4.79 Å². The first-order valence-electron chi connectivity index (χ1n) is 6.70. The topological polar surface area (TPSA) is 68.3 Å². The molecule has 1 aromatic heterocycles. The van der Waals surface area contributed by atoms with E-state index >= 15 is 0 Å². The highest BCUT2D eigenvalue weighted by atomic mass is 16.3. The molecule has 0 aliphatic rings. The summed E-state index contributed by atoms with van der Waals surface area (Å²) in [6.07, 6.45) is 5.16. The van der Waals surface area contributed by atoms with Crippen LogP contribution in [0.15, 0.2) is 22.8 Å². The van der Waals surface area contributed by atoms with E-state index in [1.165, 1.54) is 0 Å². The van der Waals surface area contributed by atoms with Gasteiger partial charge in [0.1, 0.15) is 5.76 Å². The minimum absolute atomic E-state index is 0.0675. The zero-order valence-corrected chi connectivity index (χ0v) is 11.3. The lowest BCUT2D eigenvalue weighted by Crippen LogP contribution is -2.26. The molecule has 1 aromatic rings. The number of rotatable bonds is 8. The Labute approximate surface area is 109 Å². The summed E-state index contributed by atoms with van der Waals surface area (Å²) in [6.45, 7) is 4.76. The van der Waals surface area contributed by atoms with Gasteiger partial charge in [-0.1, -0.05) is 13.3 Å². The summed E-state index contributed by atoms with van der Waals surface area (Å²) >= 11 is 0. The fourth-order valence-corrected chi connectivity index (χ4v) is 2.05. The number of nitrogens with two attached hydrogens (primary N) is 1. The van der Waals surface area contributed by atoms with Crippen LogP contribution in [0.4, 0.5) is 0 Å². The van der Waals surface area contributed by atoms with Gasteiger partial charge in [-0.05, 0) is 44.4 Å². The molecular formula is C14H24N2O2. The molecule has 0 bridgehead atoms. The third kappa shape index (κ3) is 4.92. The van der Waals surface area contributed by atoms with Gasteiger partial charge in [0.2, 0.25) is 5.91 Å². The van der Waals surface area contributed by atoms with Crippen molar-refractivity contribution in [1.82, 2.24) is 5.32 Å². The van der Waals surface area contributed by atoms with E-state index in [9.17, 15) is 4.79 Å². The van der Waals surface area contributed by atoms with E-state index in [0.29, 0.717) is 18.9 Å². The van der Waals surface area contributed by atoms with Crippen molar-refractivity contribution in [3.05, 3.63) is 24.2 Å². The molecule has 2 atom stereocenters. The summed E-state index contributed by atoms with van der Waals surface area (Å²) in [7, 11) is 0. The third-order valence-electron chi connectivity index (χ3n) is 3.28. The first-order chi connectivity index (χ1) is 8.67. The molecule has 102 valence electrons. The van der Waals surface area contributed by atoms with Crippen LogP contribution in [0.3, 0.4) is 0 Å². The van der Waals surface area contributed by atoms with Crippen molar-refractivity contribution in [3.63, 3.8) is 0 Å². The summed E-state index contributed by atoms with van der Waals surface area (Å²) in [5.41, 5.74) is 5.54. The van der Waals surface area contributed by atoms with Gasteiger partial charge in [0.05, 0.1) is 12.3 Å². The predicted octanol–water partition coefficient (Wildman–Crippen LogP) is 2.61. The lowest BCUT2D eigenvalue weighted by atomic mass is 9.96. The number of furan rings is 1. The van der Waals surface area contributed by atoms with Gasteiger partial charge in [0, 0.05) is 6.42 Å². The van der Waals surface area contributed by atoms with Gasteiger partial charge in [-0.2, -0.15) is 0 Å².